The molecule has 7 heteroatoms. The Morgan fingerprint density at radius 3 is 2.64 bits per heavy atom. The quantitative estimate of drug-likeness (QED) is 0.553. The van der Waals surface area contributed by atoms with Gasteiger partial charge in [0.25, 0.3) is 5.91 Å². The highest BCUT2D eigenvalue weighted by molar-refractivity contribution is 7.22. The molecule has 3 N–H and O–H groups in total. The molecule has 0 aliphatic heterocycles. The normalized spacial score (nSPS) is 11.9. The van der Waals surface area contributed by atoms with Crippen molar-refractivity contribution in [2.45, 2.75) is 20.0 Å². The summed E-state index contributed by atoms with van der Waals surface area (Å²) in [4.78, 5) is 28.6. The maximum Gasteiger partial charge on any atom is 0.338 e. The topological polar surface area (TPSA) is 94.3 Å². The third-order valence-electron chi connectivity index (χ3n) is 3.57. The molecule has 1 atom stereocenters. The average Bonchev–Trinajstić information content (AvgIpc) is 2.96. The summed E-state index contributed by atoms with van der Waals surface area (Å²) in [5.74, 6) is -1.01. The second kappa shape index (κ2) is 6.90. The van der Waals surface area contributed by atoms with Crippen LogP contribution in [0.2, 0.25) is 0 Å². The van der Waals surface area contributed by atoms with Gasteiger partial charge in [0.15, 0.2) is 11.2 Å². The Hall–Kier alpha value is -2.93. The maximum absolute atomic E-state index is 12.2. The molecule has 1 unspecified atom stereocenters. The van der Waals surface area contributed by atoms with Gasteiger partial charge in [0, 0.05) is 5.69 Å². The molecule has 0 spiro atoms. The van der Waals surface area contributed by atoms with Crippen molar-refractivity contribution in [2.24, 2.45) is 0 Å². The highest BCUT2D eigenvalue weighted by Gasteiger charge is 2.20. The van der Waals surface area contributed by atoms with Crippen molar-refractivity contribution in [3.63, 3.8) is 0 Å². The number of benzene rings is 2. The first-order valence-electron chi connectivity index (χ1n) is 7.67. The molecule has 128 valence electrons. The zero-order valence-electron chi connectivity index (χ0n) is 13.8. The number of esters is 1. The van der Waals surface area contributed by atoms with Crippen LogP contribution in [0.15, 0.2) is 42.5 Å². The van der Waals surface area contributed by atoms with Crippen molar-refractivity contribution in [3.8, 4) is 0 Å². The number of nitrogens with one attached hydrogen (secondary N) is 1. The molecule has 0 fully saturated rings. The van der Waals surface area contributed by atoms with E-state index in [4.69, 9.17) is 10.5 Å². The Kier molecular flexibility index (Phi) is 4.67. The molecule has 1 amide bonds. The summed E-state index contributed by atoms with van der Waals surface area (Å²) < 4.78 is 6.18. The summed E-state index contributed by atoms with van der Waals surface area (Å²) in [5.41, 5.74) is 8.41. The summed E-state index contributed by atoms with van der Waals surface area (Å²) in [5, 5.41) is 3.16. The Morgan fingerprint density at radius 1 is 1.20 bits per heavy atom. The van der Waals surface area contributed by atoms with Crippen LogP contribution in [0.25, 0.3) is 10.2 Å². The van der Waals surface area contributed by atoms with E-state index in [9.17, 15) is 9.59 Å². The average molecular weight is 355 g/mol. The monoisotopic (exact) mass is 355 g/mol. The first-order chi connectivity index (χ1) is 11.9. The number of aromatic nitrogens is 1. The number of anilines is 2. The van der Waals surface area contributed by atoms with E-state index in [0.29, 0.717) is 16.4 Å². The Morgan fingerprint density at radius 2 is 1.92 bits per heavy atom. The molecule has 6 nitrogen and oxygen atoms in total. The number of ether oxygens (including phenoxy) is 1. The highest BCUT2D eigenvalue weighted by atomic mass is 32.1. The molecule has 1 aromatic heterocycles. The number of thiazole rings is 1. The Labute approximate surface area is 148 Å². The fourth-order valence-electron chi connectivity index (χ4n) is 2.19. The van der Waals surface area contributed by atoms with E-state index < -0.39 is 18.0 Å². The third-order valence-corrected chi connectivity index (χ3v) is 4.51. The van der Waals surface area contributed by atoms with Crippen molar-refractivity contribution < 1.29 is 14.3 Å². The number of rotatable bonds is 4. The lowest BCUT2D eigenvalue weighted by Crippen LogP contribution is -2.29. The van der Waals surface area contributed by atoms with Gasteiger partial charge in [-0.2, -0.15) is 0 Å². The maximum atomic E-state index is 12.2. The first-order valence-corrected chi connectivity index (χ1v) is 8.48. The summed E-state index contributed by atoms with van der Waals surface area (Å²) in [7, 11) is 0. The third kappa shape index (κ3) is 3.95. The number of aryl methyl sites for hydroxylation is 1. The molecule has 0 saturated heterocycles. The lowest BCUT2D eigenvalue weighted by atomic mass is 10.2. The van der Waals surface area contributed by atoms with Crippen molar-refractivity contribution in [1.29, 1.82) is 0 Å². The molecule has 3 aromatic rings. The molecule has 1 heterocycles. The molecule has 0 radical (unpaired) electrons. The Bertz CT molecular complexity index is 934. The molecule has 0 saturated carbocycles. The number of amides is 1. The van der Waals surface area contributed by atoms with E-state index in [-0.39, 0.29) is 0 Å². The van der Waals surface area contributed by atoms with E-state index in [0.717, 1.165) is 15.8 Å². The van der Waals surface area contributed by atoms with E-state index in [1.807, 2.05) is 25.1 Å². The molecule has 3 rings (SSSR count). The number of nitrogens with zero attached hydrogens (tertiary/aromatic N) is 1. The molecule has 0 bridgehead atoms. The smallest absolute Gasteiger partial charge is 0.338 e. The number of carbonyl (C=O) groups is 2. The minimum atomic E-state index is -0.946. The second-order valence-electron chi connectivity index (χ2n) is 5.65. The molecule has 0 aliphatic carbocycles. The SMILES string of the molecule is Cc1ccc2nc(NC(=O)C(C)OC(=O)c3ccc(N)cc3)sc2c1. The van der Waals surface area contributed by atoms with E-state index in [2.05, 4.69) is 10.3 Å². The van der Waals surface area contributed by atoms with Crippen molar-refractivity contribution in [2.75, 3.05) is 11.1 Å². The van der Waals surface area contributed by atoms with Gasteiger partial charge in [-0.3, -0.25) is 10.1 Å². The minimum absolute atomic E-state index is 0.337. The summed E-state index contributed by atoms with van der Waals surface area (Å²) in [6.07, 6.45) is -0.946. The lowest BCUT2D eigenvalue weighted by molar-refractivity contribution is -0.123. The molecule has 0 aliphatic rings. The van der Waals surface area contributed by atoms with Gasteiger partial charge in [-0.15, -0.1) is 0 Å². The number of hydrogen-bond acceptors (Lipinski definition) is 6. The summed E-state index contributed by atoms with van der Waals surface area (Å²) in [6.45, 7) is 3.51. The Balaban J connectivity index is 1.65. The van der Waals surface area contributed by atoms with Crippen LogP contribution < -0.4 is 11.1 Å². The predicted octanol–water partition coefficient (Wildman–Crippen LogP) is 3.37. The second-order valence-corrected chi connectivity index (χ2v) is 6.68. The van der Waals surface area contributed by atoms with Gasteiger partial charge in [-0.05, 0) is 55.8 Å². The van der Waals surface area contributed by atoms with Crippen molar-refractivity contribution in [1.82, 2.24) is 4.98 Å². The number of fused-ring (bicyclic) bond motifs is 1. The molecular weight excluding hydrogens is 338 g/mol. The summed E-state index contributed by atoms with van der Waals surface area (Å²) >= 11 is 1.38. The van der Waals surface area contributed by atoms with Crippen LogP contribution in [0, 0.1) is 6.92 Å². The van der Waals surface area contributed by atoms with Crippen LogP contribution in [0.4, 0.5) is 10.8 Å². The molecule has 2 aromatic carbocycles. The van der Waals surface area contributed by atoms with E-state index >= 15 is 0 Å². The lowest BCUT2D eigenvalue weighted by Gasteiger charge is -2.12. The van der Waals surface area contributed by atoms with Gasteiger partial charge in [0.05, 0.1) is 15.8 Å². The number of nitrogen functional groups attached to an aromatic ring is 1. The van der Waals surface area contributed by atoms with Gasteiger partial charge in [-0.1, -0.05) is 17.4 Å². The molecular formula is C18H17N3O3S. The van der Waals surface area contributed by atoms with Gasteiger partial charge in [0.1, 0.15) is 0 Å². The minimum Gasteiger partial charge on any atom is -0.449 e. The predicted molar refractivity (Wildman–Crippen MR) is 98.7 cm³/mol. The fraction of sp³-hybridized carbons (Fsp3) is 0.167. The summed E-state index contributed by atoms with van der Waals surface area (Å²) in [6, 6.07) is 12.2. The zero-order chi connectivity index (χ0) is 18.0. The van der Waals surface area contributed by atoms with Gasteiger partial charge in [0.2, 0.25) is 0 Å². The number of carbonyl (C=O) groups excluding carboxylic acids is 2. The van der Waals surface area contributed by atoms with Crippen LogP contribution in [-0.2, 0) is 9.53 Å². The zero-order valence-corrected chi connectivity index (χ0v) is 14.6. The van der Waals surface area contributed by atoms with Crippen LogP contribution >= 0.6 is 11.3 Å². The van der Waals surface area contributed by atoms with Crippen molar-refractivity contribution in [3.05, 3.63) is 53.6 Å². The van der Waals surface area contributed by atoms with Crippen LogP contribution in [0.5, 0.6) is 0 Å². The highest BCUT2D eigenvalue weighted by Crippen LogP contribution is 2.26. The van der Waals surface area contributed by atoms with E-state index in [1.54, 1.807) is 24.3 Å². The first kappa shape index (κ1) is 16.9. The van der Waals surface area contributed by atoms with Crippen LogP contribution in [0.3, 0.4) is 0 Å². The number of nitrogens with two attached hydrogens (primary N) is 1. The van der Waals surface area contributed by atoms with E-state index in [1.165, 1.54) is 18.3 Å². The van der Waals surface area contributed by atoms with Crippen LogP contribution in [0.1, 0.15) is 22.8 Å². The fourth-order valence-corrected chi connectivity index (χ4v) is 3.16. The standard InChI is InChI=1S/C18H17N3O3S/c1-10-3-8-14-15(9-10)25-18(20-14)21-16(22)11(2)24-17(23)12-4-6-13(19)7-5-12/h3-9,11H,19H2,1-2H3,(H,20,21,22). The van der Waals surface area contributed by atoms with Gasteiger partial charge in [-0.25, -0.2) is 9.78 Å². The van der Waals surface area contributed by atoms with Crippen LogP contribution in [-0.4, -0.2) is 23.0 Å². The molecule has 25 heavy (non-hydrogen) atoms. The number of hydrogen-bond donors (Lipinski definition) is 2. The van der Waals surface area contributed by atoms with Gasteiger partial charge >= 0.3 is 5.97 Å². The van der Waals surface area contributed by atoms with Crippen molar-refractivity contribution >= 4 is 44.2 Å². The van der Waals surface area contributed by atoms with Gasteiger partial charge < -0.3 is 10.5 Å². The largest absolute Gasteiger partial charge is 0.449 e.